The number of thiophene rings is 1. The first-order chi connectivity index (χ1) is 20.8. The Morgan fingerprint density at radius 2 is 2.09 bits per heavy atom. The number of anilines is 2. The van der Waals surface area contributed by atoms with Crippen molar-refractivity contribution < 1.29 is 14.3 Å². The third-order valence-electron chi connectivity index (χ3n) is 9.67. The predicted molar refractivity (Wildman–Crippen MR) is 168 cm³/mol. The highest BCUT2D eigenvalue weighted by molar-refractivity contribution is 7.16. The zero-order chi connectivity index (χ0) is 30.1. The molecule has 2 aromatic rings. The Morgan fingerprint density at radius 1 is 1.26 bits per heavy atom. The van der Waals surface area contributed by atoms with Crippen LogP contribution in [-0.4, -0.2) is 73.2 Å². The van der Waals surface area contributed by atoms with E-state index in [2.05, 4.69) is 22.9 Å². The van der Waals surface area contributed by atoms with Crippen LogP contribution in [0.1, 0.15) is 86.0 Å². The van der Waals surface area contributed by atoms with Crippen molar-refractivity contribution in [3.63, 3.8) is 0 Å². The third-order valence-corrected chi connectivity index (χ3v) is 10.8. The van der Waals surface area contributed by atoms with Gasteiger partial charge in [-0.2, -0.15) is 10.2 Å². The van der Waals surface area contributed by atoms with Gasteiger partial charge in [-0.1, -0.05) is 13.3 Å². The molecule has 230 valence electrons. The van der Waals surface area contributed by atoms with Gasteiger partial charge in [0.15, 0.2) is 11.6 Å². The molecule has 2 aromatic heterocycles. The fourth-order valence-electron chi connectivity index (χ4n) is 7.21. The van der Waals surface area contributed by atoms with E-state index in [1.54, 1.807) is 0 Å². The van der Waals surface area contributed by atoms with Gasteiger partial charge >= 0.3 is 0 Å². The second-order valence-electron chi connectivity index (χ2n) is 12.7. The van der Waals surface area contributed by atoms with Crippen LogP contribution in [-0.2, 0) is 16.0 Å². The number of hydrogen-bond donors (Lipinski definition) is 2. The minimum Gasteiger partial charge on any atom is -0.476 e. The number of Topliss-reactive ketones (excluding diaryl/α,β-unsaturated/α-hetero) is 1. The second kappa shape index (κ2) is 12.4. The van der Waals surface area contributed by atoms with Crippen molar-refractivity contribution in [3.8, 4) is 11.9 Å². The van der Waals surface area contributed by atoms with Crippen LogP contribution in [0.3, 0.4) is 0 Å². The Labute approximate surface area is 258 Å². The first-order valence-corrected chi connectivity index (χ1v) is 16.5. The van der Waals surface area contributed by atoms with Gasteiger partial charge in [-0.25, -0.2) is 4.98 Å². The number of ether oxygens (including phenoxy) is 2. The third kappa shape index (κ3) is 5.85. The molecular formula is C32H43N7O3S. The van der Waals surface area contributed by atoms with Crippen molar-refractivity contribution in [2.45, 2.75) is 76.7 Å². The number of carbonyl (C=O) groups is 1. The number of piperidine rings is 1. The molecule has 4 N–H and O–H groups in total. The lowest BCUT2D eigenvalue weighted by molar-refractivity contribution is -0.117. The molecule has 11 heteroatoms. The highest BCUT2D eigenvalue weighted by Gasteiger charge is 2.43. The number of rotatable bonds is 9. The number of nitrogens with zero attached hydrogens (tertiary/aromatic N) is 5. The van der Waals surface area contributed by atoms with Gasteiger partial charge in [0.05, 0.1) is 24.5 Å². The molecule has 4 aliphatic rings. The molecule has 0 amide bonds. The summed E-state index contributed by atoms with van der Waals surface area (Å²) in [6, 6.07) is 4.52. The normalized spacial score (nSPS) is 23.8. The molecule has 0 unspecified atom stereocenters. The van der Waals surface area contributed by atoms with Gasteiger partial charge in [0.1, 0.15) is 23.5 Å². The smallest absolute Gasteiger partial charge is 0.219 e. The number of likely N-dealkylation sites (tertiary alicyclic amines) is 1. The van der Waals surface area contributed by atoms with Crippen LogP contribution in [0, 0.1) is 16.7 Å². The van der Waals surface area contributed by atoms with E-state index in [-0.39, 0.29) is 11.2 Å². The summed E-state index contributed by atoms with van der Waals surface area (Å²) in [5.41, 5.74) is 15.3. The molecule has 0 aromatic carbocycles. The molecule has 0 radical (unpaired) electrons. The highest BCUT2D eigenvalue weighted by atomic mass is 32.1. The lowest BCUT2D eigenvalue weighted by Gasteiger charge is -2.48. The number of aryl methyl sites for hydroxylation is 1. The zero-order valence-electron chi connectivity index (χ0n) is 25.4. The maximum Gasteiger partial charge on any atom is 0.219 e. The lowest BCUT2D eigenvalue weighted by Crippen LogP contribution is -2.54. The summed E-state index contributed by atoms with van der Waals surface area (Å²) in [4.78, 5) is 29.7. The summed E-state index contributed by atoms with van der Waals surface area (Å²) in [6.07, 6.45) is 8.07. The molecule has 1 aliphatic carbocycles. The number of carbonyl (C=O) groups excluding carboxylic acids is 1. The van der Waals surface area contributed by atoms with Gasteiger partial charge in [0.25, 0.3) is 0 Å². The molecule has 6 rings (SSSR count). The molecule has 10 nitrogen and oxygen atoms in total. The Kier molecular flexibility index (Phi) is 8.63. The zero-order valence-corrected chi connectivity index (χ0v) is 26.2. The molecule has 0 bridgehead atoms. The number of hydrogen-bond acceptors (Lipinski definition) is 11. The van der Waals surface area contributed by atoms with Gasteiger partial charge in [-0.3, -0.25) is 4.79 Å². The first-order valence-electron chi connectivity index (χ1n) is 15.7. The number of likely N-dealkylation sites (N-methyl/N-ethyl adjacent to an activating group) is 1. The predicted octanol–water partition coefficient (Wildman–Crippen LogP) is 4.24. The van der Waals surface area contributed by atoms with Crippen LogP contribution in [0.4, 0.5) is 10.8 Å². The monoisotopic (exact) mass is 605 g/mol. The molecule has 3 saturated heterocycles. The van der Waals surface area contributed by atoms with E-state index in [1.165, 1.54) is 11.3 Å². The summed E-state index contributed by atoms with van der Waals surface area (Å²) in [5, 5.41) is 10.3. The fraction of sp³-hybridized carbons (Fsp3) is 0.625. The number of nitrogens with two attached hydrogens (primary N) is 2. The molecule has 5 heterocycles. The maximum absolute atomic E-state index is 14.3. The summed E-state index contributed by atoms with van der Waals surface area (Å²) < 4.78 is 11.9. The van der Waals surface area contributed by atoms with Gasteiger partial charge in [0.2, 0.25) is 5.88 Å². The van der Waals surface area contributed by atoms with Crippen LogP contribution < -0.4 is 21.1 Å². The molecule has 0 saturated carbocycles. The van der Waals surface area contributed by atoms with Crippen LogP contribution in [0.15, 0.2) is 11.6 Å². The quantitative estimate of drug-likeness (QED) is 0.398. The fourth-order valence-corrected chi connectivity index (χ4v) is 8.33. The minimum absolute atomic E-state index is 0.0535. The van der Waals surface area contributed by atoms with Crippen LogP contribution >= 0.6 is 11.3 Å². The van der Waals surface area contributed by atoms with E-state index in [4.69, 9.17) is 30.9 Å². The SMILES string of the molecule is CCC/C(C(=O)[C@H]1CCCc2sc(N)c(C#N)c21)=C(/N)c1nc(OC[C@@H]2CCCN2C)cc(N2CCCC3(COC3)C2)n1. The van der Waals surface area contributed by atoms with Crippen molar-refractivity contribution in [2.75, 3.05) is 57.1 Å². The van der Waals surface area contributed by atoms with Crippen molar-refractivity contribution >= 4 is 33.6 Å². The van der Waals surface area contributed by atoms with Crippen LogP contribution in [0.2, 0.25) is 0 Å². The number of fused-ring (bicyclic) bond motifs is 1. The van der Waals surface area contributed by atoms with E-state index in [1.807, 2.05) is 13.0 Å². The summed E-state index contributed by atoms with van der Waals surface area (Å²) in [7, 11) is 2.13. The summed E-state index contributed by atoms with van der Waals surface area (Å²) >= 11 is 1.43. The molecule has 3 aliphatic heterocycles. The topological polar surface area (TPSA) is 144 Å². The Morgan fingerprint density at radius 3 is 2.79 bits per heavy atom. The van der Waals surface area contributed by atoms with Crippen molar-refractivity contribution in [3.05, 3.63) is 33.5 Å². The second-order valence-corrected chi connectivity index (χ2v) is 13.9. The van der Waals surface area contributed by atoms with E-state index in [9.17, 15) is 10.1 Å². The average molecular weight is 606 g/mol. The maximum atomic E-state index is 14.3. The minimum atomic E-state index is -0.440. The van der Waals surface area contributed by atoms with E-state index in [0.29, 0.717) is 59.0 Å². The van der Waals surface area contributed by atoms with E-state index in [0.717, 1.165) is 94.1 Å². The van der Waals surface area contributed by atoms with Crippen LogP contribution in [0.25, 0.3) is 5.70 Å². The highest BCUT2D eigenvalue weighted by Crippen LogP contribution is 2.44. The first kappa shape index (κ1) is 29.9. The Bertz CT molecular complexity index is 1440. The van der Waals surface area contributed by atoms with E-state index < -0.39 is 5.92 Å². The number of nitrogen functional groups attached to an aromatic ring is 1. The Hall–Kier alpha value is -3.20. The summed E-state index contributed by atoms with van der Waals surface area (Å²) in [5.74, 6) is 1.09. The van der Waals surface area contributed by atoms with E-state index >= 15 is 0 Å². The number of allylic oxidation sites excluding steroid dienone is 1. The Balaban J connectivity index is 1.37. The number of ketones is 1. The van der Waals surface area contributed by atoms with Crippen molar-refractivity contribution in [2.24, 2.45) is 11.1 Å². The van der Waals surface area contributed by atoms with Gasteiger partial charge in [0, 0.05) is 47.0 Å². The largest absolute Gasteiger partial charge is 0.476 e. The molecule has 43 heavy (non-hydrogen) atoms. The number of nitriles is 1. The molecular weight excluding hydrogens is 562 g/mol. The van der Waals surface area contributed by atoms with Crippen molar-refractivity contribution in [1.82, 2.24) is 14.9 Å². The van der Waals surface area contributed by atoms with Gasteiger partial charge < -0.3 is 30.7 Å². The molecule has 3 fully saturated rings. The molecule has 1 spiro atoms. The average Bonchev–Trinajstić information content (AvgIpc) is 3.57. The van der Waals surface area contributed by atoms with Gasteiger partial charge in [-0.05, 0) is 70.5 Å². The summed E-state index contributed by atoms with van der Waals surface area (Å²) in [6.45, 7) is 6.93. The lowest BCUT2D eigenvalue weighted by atomic mass is 9.78. The van der Waals surface area contributed by atoms with Gasteiger partial charge in [-0.15, -0.1) is 11.3 Å². The number of aromatic nitrogens is 2. The van der Waals surface area contributed by atoms with Crippen molar-refractivity contribution in [1.29, 1.82) is 5.26 Å². The van der Waals surface area contributed by atoms with Crippen LogP contribution in [0.5, 0.6) is 5.88 Å². The molecule has 2 atom stereocenters. The standard InChI is InChI=1S/C32H43N7O3S/c1-3-7-22(29(40)21-9-4-10-24-27(21)23(15-33)30(35)43-24)28(34)31-36-25(39-13-6-11-32(17-39)18-41-19-32)14-26(37-31)42-16-20-8-5-12-38(20)2/h14,20-21H,3-13,16-19,34-35H2,1-2H3/b28-22-/t20-,21-/m0/s1.